The zero-order chi connectivity index (χ0) is 18.3. The highest BCUT2D eigenvalue weighted by molar-refractivity contribution is 6.08. The summed E-state index contributed by atoms with van der Waals surface area (Å²) in [4.78, 5) is 44.2. The Hall–Kier alpha value is -3.42. The first-order chi connectivity index (χ1) is 12.5. The van der Waals surface area contributed by atoms with Crippen LogP contribution >= 0.6 is 0 Å². The van der Waals surface area contributed by atoms with E-state index in [0.717, 1.165) is 11.1 Å². The third kappa shape index (κ3) is 2.75. The summed E-state index contributed by atoms with van der Waals surface area (Å²) >= 11 is 0. The van der Waals surface area contributed by atoms with Crippen molar-refractivity contribution >= 4 is 28.6 Å². The first kappa shape index (κ1) is 16.1. The number of nitrogens with one attached hydrogen (secondary N) is 2. The second-order valence-electron chi connectivity index (χ2n) is 6.17. The molecule has 26 heavy (non-hydrogen) atoms. The minimum absolute atomic E-state index is 0.000307. The van der Waals surface area contributed by atoms with Crippen LogP contribution in [0.3, 0.4) is 0 Å². The third-order valence-electron chi connectivity index (χ3n) is 4.52. The Balaban J connectivity index is 1.66. The average molecular weight is 352 g/mol. The lowest BCUT2D eigenvalue weighted by molar-refractivity contribution is -0.129. The summed E-state index contributed by atoms with van der Waals surface area (Å²) in [7, 11) is 0. The Morgan fingerprint density at radius 3 is 2.96 bits per heavy atom. The van der Waals surface area contributed by atoms with Crippen LogP contribution in [0.25, 0.3) is 11.1 Å². The van der Waals surface area contributed by atoms with Gasteiger partial charge in [0.2, 0.25) is 5.91 Å². The molecule has 4 rings (SSSR count). The van der Waals surface area contributed by atoms with Gasteiger partial charge >= 0.3 is 5.76 Å². The van der Waals surface area contributed by atoms with Gasteiger partial charge in [-0.25, -0.2) is 4.79 Å². The molecule has 0 fully saturated rings. The maximum absolute atomic E-state index is 12.8. The number of hydrogen-bond acceptors (Lipinski definition) is 5. The van der Waals surface area contributed by atoms with Crippen LogP contribution in [-0.2, 0) is 17.8 Å². The lowest BCUT2D eigenvalue weighted by Gasteiger charge is -2.28. The van der Waals surface area contributed by atoms with Gasteiger partial charge in [-0.05, 0) is 29.7 Å². The summed E-state index contributed by atoms with van der Waals surface area (Å²) in [5, 5.41) is 2.79. The van der Waals surface area contributed by atoms with E-state index in [9.17, 15) is 14.4 Å². The van der Waals surface area contributed by atoms with Crippen molar-refractivity contribution in [1.82, 2.24) is 14.9 Å². The highest BCUT2D eigenvalue weighted by Gasteiger charge is 2.23. The Labute approximate surface area is 147 Å². The molecule has 1 aromatic carbocycles. The highest BCUT2D eigenvalue weighted by atomic mass is 16.4. The maximum Gasteiger partial charge on any atom is 0.417 e. The number of H-pyrrole nitrogens is 1. The largest absolute Gasteiger partial charge is 0.417 e. The molecule has 0 aliphatic carbocycles. The molecular formula is C18H16N4O4. The number of carbonyl (C=O) groups excluding carboxylic acids is 2. The van der Waals surface area contributed by atoms with Crippen molar-refractivity contribution in [2.75, 3.05) is 11.9 Å². The van der Waals surface area contributed by atoms with Crippen molar-refractivity contribution < 1.29 is 14.0 Å². The van der Waals surface area contributed by atoms with Crippen LogP contribution in [0, 0.1) is 0 Å². The number of anilines is 1. The fourth-order valence-electron chi connectivity index (χ4n) is 3.22. The fourth-order valence-corrected chi connectivity index (χ4v) is 3.22. The quantitative estimate of drug-likeness (QED) is 0.729. The van der Waals surface area contributed by atoms with E-state index in [1.54, 1.807) is 29.3 Å². The van der Waals surface area contributed by atoms with E-state index in [2.05, 4.69) is 15.3 Å². The molecule has 0 spiro atoms. The van der Waals surface area contributed by atoms with Gasteiger partial charge in [0.25, 0.3) is 5.91 Å². The average Bonchev–Trinajstić information content (AvgIpc) is 3.02. The molecule has 0 unspecified atom stereocenters. The van der Waals surface area contributed by atoms with Crippen LogP contribution in [0.1, 0.15) is 28.4 Å². The van der Waals surface area contributed by atoms with Crippen LogP contribution in [0.2, 0.25) is 0 Å². The molecule has 3 heterocycles. The SMILES string of the molecule is CC(=O)N1CCc2c(cncc2C(=O)Nc2cccc3[nH]c(=O)oc23)C1. The number of hydrogen-bond donors (Lipinski definition) is 2. The molecule has 2 amide bonds. The van der Waals surface area contributed by atoms with Gasteiger partial charge in [-0.15, -0.1) is 0 Å². The summed E-state index contributed by atoms with van der Waals surface area (Å²) in [5.41, 5.74) is 3.43. The van der Waals surface area contributed by atoms with Crippen molar-refractivity contribution in [3.8, 4) is 0 Å². The number of nitrogens with zero attached hydrogens (tertiary/aromatic N) is 2. The number of benzene rings is 1. The lowest BCUT2D eigenvalue weighted by atomic mass is 9.96. The number of rotatable bonds is 2. The number of fused-ring (bicyclic) bond motifs is 2. The number of aromatic amines is 1. The second kappa shape index (κ2) is 6.14. The molecule has 132 valence electrons. The molecular weight excluding hydrogens is 336 g/mol. The highest BCUT2D eigenvalue weighted by Crippen LogP contribution is 2.25. The Kier molecular flexibility index (Phi) is 3.80. The van der Waals surface area contributed by atoms with E-state index in [-0.39, 0.29) is 11.8 Å². The molecule has 0 saturated carbocycles. The van der Waals surface area contributed by atoms with E-state index < -0.39 is 5.76 Å². The number of para-hydroxylation sites is 1. The number of oxazole rings is 1. The summed E-state index contributed by atoms with van der Waals surface area (Å²) in [6.07, 6.45) is 3.79. The minimum Gasteiger partial charge on any atom is -0.406 e. The van der Waals surface area contributed by atoms with E-state index in [1.165, 1.54) is 13.1 Å². The van der Waals surface area contributed by atoms with E-state index in [0.29, 0.717) is 41.9 Å². The number of pyridine rings is 1. The van der Waals surface area contributed by atoms with E-state index in [4.69, 9.17) is 4.42 Å². The lowest BCUT2D eigenvalue weighted by Crippen LogP contribution is -2.35. The van der Waals surface area contributed by atoms with E-state index in [1.807, 2.05) is 0 Å². The van der Waals surface area contributed by atoms with Crippen molar-refractivity contribution in [1.29, 1.82) is 0 Å². The van der Waals surface area contributed by atoms with Crippen molar-refractivity contribution in [2.24, 2.45) is 0 Å². The molecule has 8 nitrogen and oxygen atoms in total. The summed E-state index contributed by atoms with van der Waals surface area (Å²) in [5.74, 6) is -0.911. The first-order valence-corrected chi connectivity index (χ1v) is 8.17. The topological polar surface area (TPSA) is 108 Å². The zero-order valence-electron chi connectivity index (χ0n) is 14.0. The minimum atomic E-state index is -0.579. The van der Waals surface area contributed by atoms with Crippen LogP contribution in [0.4, 0.5) is 5.69 Å². The zero-order valence-corrected chi connectivity index (χ0v) is 14.0. The molecule has 0 bridgehead atoms. The van der Waals surface area contributed by atoms with Gasteiger partial charge in [0.05, 0.1) is 16.8 Å². The summed E-state index contributed by atoms with van der Waals surface area (Å²) < 4.78 is 5.10. The van der Waals surface area contributed by atoms with Gasteiger partial charge in [0, 0.05) is 32.4 Å². The van der Waals surface area contributed by atoms with Gasteiger partial charge < -0.3 is 14.6 Å². The molecule has 0 saturated heterocycles. The number of carbonyl (C=O) groups is 2. The first-order valence-electron chi connectivity index (χ1n) is 8.17. The van der Waals surface area contributed by atoms with Gasteiger partial charge in [0.1, 0.15) is 0 Å². The van der Waals surface area contributed by atoms with Crippen LogP contribution in [0.15, 0.2) is 39.8 Å². The maximum atomic E-state index is 12.8. The Bertz CT molecular complexity index is 1080. The molecule has 2 aromatic heterocycles. The summed E-state index contributed by atoms with van der Waals surface area (Å²) in [6.45, 7) is 2.54. The van der Waals surface area contributed by atoms with Crippen LogP contribution in [0.5, 0.6) is 0 Å². The molecule has 1 aliphatic heterocycles. The molecule has 0 radical (unpaired) electrons. The molecule has 2 N–H and O–H groups in total. The fraction of sp³-hybridized carbons (Fsp3) is 0.222. The number of amides is 2. The smallest absolute Gasteiger partial charge is 0.406 e. The van der Waals surface area contributed by atoms with Crippen molar-refractivity contribution in [3.05, 3.63) is 57.8 Å². The van der Waals surface area contributed by atoms with Crippen LogP contribution in [-0.4, -0.2) is 33.2 Å². The molecule has 1 aliphatic rings. The number of aromatic nitrogens is 2. The van der Waals surface area contributed by atoms with Gasteiger partial charge in [0.15, 0.2) is 5.58 Å². The molecule has 8 heteroatoms. The Morgan fingerprint density at radius 1 is 1.31 bits per heavy atom. The van der Waals surface area contributed by atoms with Crippen LogP contribution < -0.4 is 11.1 Å². The third-order valence-corrected chi connectivity index (χ3v) is 4.52. The Morgan fingerprint density at radius 2 is 2.15 bits per heavy atom. The van der Waals surface area contributed by atoms with Gasteiger partial charge in [-0.3, -0.25) is 19.6 Å². The van der Waals surface area contributed by atoms with Gasteiger partial charge in [-0.2, -0.15) is 0 Å². The standard InChI is InChI=1S/C18H16N4O4/c1-10(23)22-6-5-12-11(9-22)7-19-8-13(12)17(24)20-14-3-2-4-15-16(14)26-18(25)21-15/h2-4,7-8H,5-6,9H2,1H3,(H,20,24)(H,21,25). The monoisotopic (exact) mass is 352 g/mol. The summed E-state index contributed by atoms with van der Waals surface area (Å²) in [6, 6.07) is 5.07. The van der Waals surface area contributed by atoms with Crippen molar-refractivity contribution in [3.63, 3.8) is 0 Å². The van der Waals surface area contributed by atoms with Gasteiger partial charge in [-0.1, -0.05) is 6.07 Å². The predicted molar refractivity (Wildman–Crippen MR) is 93.8 cm³/mol. The predicted octanol–water partition coefficient (Wildman–Crippen LogP) is 1.67. The second-order valence-corrected chi connectivity index (χ2v) is 6.17. The normalized spacial score (nSPS) is 13.5. The van der Waals surface area contributed by atoms with Crippen molar-refractivity contribution in [2.45, 2.75) is 19.9 Å². The molecule has 0 atom stereocenters. The van der Waals surface area contributed by atoms with E-state index >= 15 is 0 Å². The molecule has 3 aromatic rings.